The Morgan fingerprint density at radius 2 is 1.69 bits per heavy atom. The average Bonchev–Trinajstić information content (AvgIpc) is 2.66. The second-order valence-corrected chi connectivity index (χ2v) is 10.2. The Kier molecular flexibility index (Phi) is 6.70. The number of anilines is 3. The molecule has 0 spiro atoms. The smallest absolute Gasteiger partial charge is 0.235 e. The first-order valence-corrected chi connectivity index (χ1v) is 11.6. The van der Waals surface area contributed by atoms with Crippen LogP contribution >= 0.6 is 0 Å². The molecule has 0 aliphatic carbocycles. The van der Waals surface area contributed by atoms with Crippen molar-refractivity contribution >= 4 is 27.1 Å². The molecule has 6 nitrogen and oxygen atoms in total. The highest BCUT2D eigenvalue weighted by atomic mass is 32.2. The Bertz CT molecular complexity index is 903. The third-order valence-electron chi connectivity index (χ3n) is 4.96. The van der Waals surface area contributed by atoms with Crippen molar-refractivity contribution in [1.82, 2.24) is 0 Å². The molecule has 1 aliphatic rings. The van der Waals surface area contributed by atoms with Crippen molar-refractivity contribution in [2.24, 2.45) is 0 Å². The molecule has 0 amide bonds. The normalized spacial score (nSPS) is 20.0. The van der Waals surface area contributed by atoms with E-state index in [-0.39, 0.29) is 12.2 Å². The van der Waals surface area contributed by atoms with E-state index in [9.17, 15) is 8.42 Å². The predicted octanol–water partition coefficient (Wildman–Crippen LogP) is 4.06. The SMILES string of the molecule is CC(C)S(=O)(=O)Nc1ccc(CNc2cccc(N3C[C@@H](C)O[C@@H](C)C3)c2)cc1. The summed E-state index contributed by atoms with van der Waals surface area (Å²) in [5.74, 6) is 0. The van der Waals surface area contributed by atoms with Crippen LogP contribution in [-0.4, -0.2) is 39.0 Å². The van der Waals surface area contributed by atoms with Gasteiger partial charge in [0.1, 0.15) is 0 Å². The Labute approximate surface area is 174 Å². The van der Waals surface area contributed by atoms with E-state index in [0.29, 0.717) is 12.2 Å². The van der Waals surface area contributed by atoms with Crippen LogP contribution in [-0.2, 0) is 21.3 Å². The monoisotopic (exact) mass is 417 g/mol. The molecule has 0 saturated carbocycles. The minimum absolute atomic E-state index is 0.224. The standard InChI is InChI=1S/C22H31N3O3S/c1-16(2)29(26,27)24-20-10-8-19(9-11-20)13-23-21-6-5-7-22(12-21)25-14-17(3)28-18(4)15-25/h5-12,16-18,23-24H,13-15H2,1-4H3/t17-,18+. The molecule has 0 aromatic heterocycles. The lowest BCUT2D eigenvalue weighted by Crippen LogP contribution is -2.45. The van der Waals surface area contributed by atoms with E-state index < -0.39 is 15.3 Å². The van der Waals surface area contributed by atoms with Crippen LogP contribution in [0.2, 0.25) is 0 Å². The van der Waals surface area contributed by atoms with E-state index >= 15 is 0 Å². The maximum Gasteiger partial charge on any atom is 0.235 e. The molecule has 29 heavy (non-hydrogen) atoms. The van der Waals surface area contributed by atoms with E-state index in [4.69, 9.17) is 4.74 Å². The van der Waals surface area contributed by atoms with Gasteiger partial charge in [0.2, 0.25) is 10.0 Å². The van der Waals surface area contributed by atoms with Crippen molar-refractivity contribution in [2.75, 3.05) is 28.0 Å². The molecule has 2 N–H and O–H groups in total. The highest BCUT2D eigenvalue weighted by molar-refractivity contribution is 7.93. The fraction of sp³-hybridized carbons (Fsp3) is 0.455. The maximum atomic E-state index is 12.0. The zero-order valence-corrected chi connectivity index (χ0v) is 18.4. The minimum Gasteiger partial charge on any atom is -0.381 e. The first-order valence-electron chi connectivity index (χ1n) is 10.1. The molecule has 3 rings (SSSR count). The molecule has 1 saturated heterocycles. The quantitative estimate of drug-likeness (QED) is 0.711. The predicted molar refractivity (Wildman–Crippen MR) is 120 cm³/mol. The molecular formula is C22H31N3O3S. The molecule has 7 heteroatoms. The summed E-state index contributed by atoms with van der Waals surface area (Å²) in [5.41, 5.74) is 3.91. The highest BCUT2D eigenvalue weighted by Crippen LogP contribution is 2.24. The number of nitrogens with one attached hydrogen (secondary N) is 2. The fourth-order valence-corrected chi connectivity index (χ4v) is 4.08. The summed E-state index contributed by atoms with van der Waals surface area (Å²) in [4.78, 5) is 2.36. The van der Waals surface area contributed by atoms with Gasteiger partial charge in [0.25, 0.3) is 0 Å². The minimum atomic E-state index is -3.32. The number of rotatable bonds is 7. The van der Waals surface area contributed by atoms with E-state index in [0.717, 1.165) is 24.3 Å². The summed E-state index contributed by atoms with van der Waals surface area (Å²) in [7, 11) is -3.32. The van der Waals surface area contributed by atoms with E-state index in [1.165, 1.54) is 5.69 Å². The zero-order valence-electron chi connectivity index (χ0n) is 17.6. The number of benzene rings is 2. The molecule has 158 valence electrons. The van der Waals surface area contributed by atoms with Crippen molar-refractivity contribution < 1.29 is 13.2 Å². The number of ether oxygens (including phenoxy) is 1. The summed E-state index contributed by atoms with van der Waals surface area (Å²) < 4.78 is 32.4. The lowest BCUT2D eigenvalue weighted by molar-refractivity contribution is -0.00521. The third kappa shape index (κ3) is 5.87. The number of morpholine rings is 1. The summed E-state index contributed by atoms with van der Waals surface area (Å²) in [6.07, 6.45) is 0.448. The third-order valence-corrected chi connectivity index (χ3v) is 6.72. The molecule has 0 bridgehead atoms. The first-order chi connectivity index (χ1) is 13.7. The number of hydrogen-bond donors (Lipinski definition) is 2. The molecule has 2 atom stereocenters. The van der Waals surface area contributed by atoms with Gasteiger partial charge < -0.3 is 15.0 Å². The van der Waals surface area contributed by atoms with Gasteiger partial charge in [0, 0.05) is 36.7 Å². The van der Waals surface area contributed by atoms with Crippen molar-refractivity contribution in [3.05, 3.63) is 54.1 Å². The van der Waals surface area contributed by atoms with Crippen LogP contribution in [0, 0.1) is 0 Å². The summed E-state index contributed by atoms with van der Waals surface area (Å²) in [6.45, 7) is 9.98. The molecule has 2 aromatic rings. The number of sulfonamides is 1. The van der Waals surface area contributed by atoms with E-state index in [1.807, 2.05) is 12.1 Å². The lowest BCUT2D eigenvalue weighted by atomic mass is 10.1. The second-order valence-electron chi connectivity index (χ2n) is 7.96. The largest absolute Gasteiger partial charge is 0.381 e. The Morgan fingerprint density at radius 1 is 1.03 bits per heavy atom. The summed E-state index contributed by atoms with van der Waals surface area (Å²) >= 11 is 0. The van der Waals surface area contributed by atoms with Crippen LogP contribution in [0.5, 0.6) is 0 Å². The van der Waals surface area contributed by atoms with E-state index in [1.54, 1.807) is 26.0 Å². The van der Waals surface area contributed by atoms with Gasteiger partial charge in [-0.25, -0.2) is 8.42 Å². The topological polar surface area (TPSA) is 70.7 Å². The molecule has 0 radical (unpaired) electrons. The van der Waals surface area contributed by atoms with Crippen LogP contribution in [0.25, 0.3) is 0 Å². The fourth-order valence-electron chi connectivity index (χ4n) is 3.38. The molecule has 1 aliphatic heterocycles. The Hall–Kier alpha value is -2.25. The number of nitrogens with zero attached hydrogens (tertiary/aromatic N) is 1. The van der Waals surface area contributed by atoms with Crippen molar-refractivity contribution in [1.29, 1.82) is 0 Å². The van der Waals surface area contributed by atoms with Crippen LogP contribution in [0.15, 0.2) is 48.5 Å². The van der Waals surface area contributed by atoms with E-state index in [2.05, 4.69) is 53.1 Å². The first kappa shape index (κ1) is 21.5. The van der Waals surface area contributed by atoms with Gasteiger partial charge in [-0.2, -0.15) is 0 Å². The van der Waals surface area contributed by atoms with Crippen LogP contribution in [0.1, 0.15) is 33.3 Å². The highest BCUT2D eigenvalue weighted by Gasteiger charge is 2.22. The Balaban J connectivity index is 1.60. The molecular weight excluding hydrogens is 386 g/mol. The molecule has 1 heterocycles. The van der Waals surface area contributed by atoms with Crippen molar-refractivity contribution in [2.45, 2.75) is 51.7 Å². The number of hydrogen-bond acceptors (Lipinski definition) is 5. The molecule has 2 aromatic carbocycles. The van der Waals surface area contributed by atoms with Gasteiger partial charge in [0.15, 0.2) is 0 Å². The summed E-state index contributed by atoms with van der Waals surface area (Å²) in [6, 6.07) is 15.9. The van der Waals surface area contributed by atoms with Gasteiger partial charge in [-0.15, -0.1) is 0 Å². The second kappa shape index (κ2) is 9.05. The average molecular weight is 418 g/mol. The Morgan fingerprint density at radius 3 is 2.31 bits per heavy atom. The molecule has 0 unspecified atom stereocenters. The van der Waals surface area contributed by atoms with Gasteiger partial charge in [0.05, 0.1) is 17.5 Å². The van der Waals surface area contributed by atoms with Crippen LogP contribution in [0.3, 0.4) is 0 Å². The van der Waals surface area contributed by atoms with Gasteiger partial charge in [-0.05, 0) is 63.6 Å². The lowest BCUT2D eigenvalue weighted by Gasteiger charge is -2.37. The zero-order chi connectivity index (χ0) is 21.0. The van der Waals surface area contributed by atoms with Gasteiger partial charge >= 0.3 is 0 Å². The van der Waals surface area contributed by atoms with Crippen LogP contribution < -0.4 is 14.9 Å². The maximum absolute atomic E-state index is 12.0. The van der Waals surface area contributed by atoms with Crippen molar-refractivity contribution in [3.63, 3.8) is 0 Å². The molecule has 1 fully saturated rings. The summed E-state index contributed by atoms with van der Waals surface area (Å²) in [5, 5.41) is 2.99. The van der Waals surface area contributed by atoms with Gasteiger partial charge in [-0.1, -0.05) is 18.2 Å². The van der Waals surface area contributed by atoms with Crippen LogP contribution in [0.4, 0.5) is 17.1 Å². The van der Waals surface area contributed by atoms with Crippen molar-refractivity contribution in [3.8, 4) is 0 Å². The van der Waals surface area contributed by atoms with Gasteiger partial charge in [-0.3, -0.25) is 4.72 Å².